The van der Waals surface area contributed by atoms with Gasteiger partial charge < -0.3 is 14.4 Å². The van der Waals surface area contributed by atoms with Gasteiger partial charge in [0, 0.05) is 5.82 Å². The molecule has 0 spiro atoms. The molecule has 16 heavy (non-hydrogen) atoms. The molecule has 0 radical (unpaired) electrons. The number of carbonyl (C=O) groups is 1. The van der Waals surface area contributed by atoms with E-state index in [2.05, 4.69) is 4.74 Å². The molecule has 4 nitrogen and oxygen atoms in total. The third-order valence-electron chi connectivity index (χ3n) is 3.29. The lowest BCUT2D eigenvalue weighted by Crippen LogP contribution is -2.27. The first-order valence-corrected chi connectivity index (χ1v) is 5.28. The molecular formula is C11H11BO4. The molecule has 2 atom stereocenters. The van der Waals surface area contributed by atoms with Crippen LogP contribution in [0.15, 0.2) is 18.2 Å². The maximum absolute atomic E-state index is 11.5. The van der Waals surface area contributed by atoms with Gasteiger partial charge in [0.2, 0.25) is 0 Å². The number of benzene rings is 1. The molecule has 82 valence electrons. The molecule has 0 amide bonds. The van der Waals surface area contributed by atoms with Crippen LogP contribution < -0.4 is 4.65 Å². The van der Waals surface area contributed by atoms with Crippen LogP contribution in [-0.2, 0) is 4.74 Å². The van der Waals surface area contributed by atoms with Crippen LogP contribution in [0.25, 0.3) is 0 Å². The van der Waals surface area contributed by atoms with Crippen LogP contribution in [0, 0.1) is 0 Å². The molecule has 1 N–H and O–H groups in total. The first-order valence-electron chi connectivity index (χ1n) is 5.28. The summed E-state index contributed by atoms with van der Waals surface area (Å²) in [4.78, 5) is 11.5. The van der Waals surface area contributed by atoms with Crippen molar-refractivity contribution in [3.05, 3.63) is 29.3 Å². The van der Waals surface area contributed by atoms with Crippen molar-refractivity contribution in [2.45, 2.75) is 18.2 Å². The normalized spacial score (nSPS) is 25.2. The number of esters is 1. The summed E-state index contributed by atoms with van der Waals surface area (Å²) in [5.41, 5.74) is 1.41. The first kappa shape index (κ1) is 9.72. The fraction of sp³-hybridized carbons (Fsp3) is 0.364. The fourth-order valence-electron chi connectivity index (χ4n) is 2.34. The van der Waals surface area contributed by atoms with Gasteiger partial charge in [0.05, 0.1) is 7.11 Å². The largest absolute Gasteiger partial charge is 0.535 e. The Morgan fingerprint density at radius 2 is 2.44 bits per heavy atom. The highest BCUT2D eigenvalue weighted by molar-refractivity contribution is 6.48. The molecule has 3 rings (SSSR count). The number of hydrogen-bond donors (Lipinski definition) is 1. The summed E-state index contributed by atoms with van der Waals surface area (Å²) in [5.74, 6) is 0.590. The fourth-order valence-corrected chi connectivity index (χ4v) is 2.34. The molecule has 0 aromatic heterocycles. The zero-order chi connectivity index (χ0) is 11.3. The summed E-state index contributed by atoms with van der Waals surface area (Å²) in [6.45, 7) is 0. The number of para-hydroxylation sites is 1. The lowest BCUT2D eigenvalue weighted by atomic mass is 9.77. The van der Waals surface area contributed by atoms with Gasteiger partial charge in [-0.25, -0.2) is 4.79 Å². The van der Waals surface area contributed by atoms with Crippen molar-refractivity contribution in [3.63, 3.8) is 0 Å². The number of fused-ring (bicyclic) bond motifs is 3. The lowest BCUT2D eigenvalue weighted by molar-refractivity contribution is 0.0598. The van der Waals surface area contributed by atoms with E-state index in [4.69, 9.17) is 4.65 Å². The molecular weight excluding hydrogens is 207 g/mol. The number of methoxy groups -OCH3 is 1. The quantitative estimate of drug-likeness (QED) is 0.568. The molecule has 2 aliphatic rings. The third kappa shape index (κ3) is 1.24. The molecule has 0 saturated heterocycles. The maximum Gasteiger partial charge on any atom is 0.526 e. The van der Waals surface area contributed by atoms with Crippen LogP contribution in [0.4, 0.5) is 0 Å². The highest BCUT2D eigenvalue weighted by atomic mass is 16.5. The molecule has 1 aliphatic carbocycles. The average molecular weight is 218 g/mol. The van der Waals surface area contributed by atoms with Gasteiger partial charge in [0.15, 0.2) is 0 Å². The highest BCUT2D eigenvalue weighted by Crippen LogP contribution is 2.60. The van der Waals surface area contributed by atoms with E-state index in [9.17, 15) is 9.82 Å². The van der Waals surface area contributed by atoms with E-state index in [-0.39, 0.29) is 5.82 Å². The molecule has 1 fully saturated rings. The molecule has 1 aromatic rings. The SMILES string of the molecule is COC(=O)c1cccc2c1OB(O)[C@H]1CC21. The predicted molar refractivity (Wildman–Crippen MR) is 57.5 cm³/mol. The van der Waals surface area contributed by atoms with Gasteiger partial charge in [-0.3, -0.25) is 0 Å². The van der Waals surface area contributed by atoms with Crippen LogP contribution in [0.1, 0.15) is 28.3 Å². The van der Waals surface area contributed by atoms with E-state index in [1.807, 2.05) is 12.1 Å². The Balaban J connectivity index is 2.09. The standard InChI is InChI=1S/C11H11BO4/c1-15-11(13)7-4-2-3-6-8-5-9(8)12(14)16-10(6)7/h2-4,8-9,14H,5H2,1H3/t8?,9-/m0/s1. The topological polar surface area (TPSA) is 55.8 Å². The van der Waals surface area contributed by atoms with E-state index < -0.39 is 13.1 Å². The van der Waals surface area contributed by atoms with Gasteiger partial charge >= 0.3 is 13.1 Å². The summed E-state index contributed by atoms with van der Waals surface area (Å²) in [5, 5.41) is 9.67. The minimum atomic E-state index is -0.789. The Bertz CT molecular complexity index is 459. The molecule has 1 unspecified atom stereocenters. The summed E-state index contributed by atoms with van der Waals surface area (Å²) >= 11 is 0. The van der Waals surface area contributed by atoms with E-state index >= 15 is 0 Å². The minimum Gasteiger partial charge on any atom is -0.535 e. The summed E-state index contributed by atoms with van der Waals surface area (Å²) in [6, 6.07) is 5.42. The number of rotatable bonds is 1. The molecule has 0 bridgehead atoms. The predicted octanol–water partition coefficient (Wildman–Crippen LogP) is 1.20. The molecule has 1 saturated carbocycles. The second-order valence-electron chi connectivity index (χ2n) is 4.23. The Hall–Kier alpha value is -1.49. The molecule has 1 aliphatic heterocycles. The summed E-state index contributed by atoms with van der Waals surface area (Å²) in [7, 11) is 0.546. The van der Waals surface area contributed by atoms with Gasteiger partial charge in [-0.05, 0) is 24.0 Å². The monoisotopic (exact) mass is 218 g/mol. The second kappa shape index (κ2) is 3.25. The van der Waals surface area contributed by atoms with Gasteiger partial charge in [-0.2, -0.15) is 0 Å². The minimum absolute atomic E-state index is 0.195. The van der Waals surface area contributed by atoms with Crippen LogP contribution in [0.3, 0.4) is 0 Å². The Kier molecular flexibility index (Phi) is 1.98. The molecule has 1 aromatic carbocycles. The molecule has 5 heteroatoms. The van der Waals surface area contributed by atoms with Gasteiger partial charge in [0.1, 0.15) is 11.3 Å². The number of carbonyl (C=O) groups excluding carboxylic acids is 1. The highest BCUT2D eigenvalue weighted by Gasteiger charge is 2.54. The van der Waals surface area contributed by atoms with E-state index in [0.717, 1.165) is 12.0 Å². The number of hydrogen-bond acceptors (Lipinski definition) is 4. The zero-order valence-electron chi connectivity index (χ0n) is 8.84. The molecule has 1 heterocycles. The van der Waals surface area contributed by atoms with Crippen molar-refractivity contribution >= 4 is 13.1 Å². The van der Waals surface area contributed by atoms with E-state index in [0.29, 0.717) is 17.2 Å². The van der Waals surface area contributed by atoms with E-state index in [1.165, 1.54) is 7.11 Å². The van der Waals surface area contributed by atoms with Crippen molar-refractivity contribution in [2.75, 3.05) is 7.11 Å². The number of ether oxygens (including phenoxy) is 1. The Morgan fingerprint density at radius 1 is 1.62 bits per heavy atom. The van der Waals surface area contributed by atoms with Gasteiger partial charge in [0.25, 0.3) is 0 Å². The van der Waals surface area contributed by atoms with Crippen LogP contribution in [0.5, 0.6) is 5.75 Å². The maximum atomic E-state index is 11.5. The third-order valence-corrected chi connectivity index (χ3v) is 3.29. The van der Waals surface area contributed by atoms with Crippen molar-refractivity contribution < 1.29 is 19.2 Å². The zero-order valence-corrected chi connectivity index (χ0v) is 8.84. The lowest BCUT2D eigenvalue weighted by Gasteiger charge is -2.21. The van der Waals surface area contributed by atoms with Crippen LogP contribution >= 0.6 is 0 Å². The summed E-state index contributed by atoms with van der Waals surface area (Å²) in [6.07, 6.45) is 0.929. The van der Waals surface area contributed by atoms with Crippen molar-refractivity contribution in [1.29, 1.82) is 0 Å². The van der Waals surface area contributed by atoms with Crippen molar-refractivity contribution in [3.8, 4) is 5.75 Å². The van der Waals surface area contributed by atoms with Crippen LogP contribution in [-0.4, -0.2) is 25.2 Å². The van der Waals surface area contributed by atoms with Crippen molar-refractivity contribution in [2.24, 2.45) is 0 Å². The summed E-state index contributed by atoms with van der Waals surface area (Å²) < 4.78 is 10.1. The second-order valence-corrected chi connectivity index (χ2v) is 4.23. The Morgan fingerprint density at radius 3 is 3.19 bits per heavy atom. The van der Waals surface area contributed by atoms with Gasteiger partial charge in [-0.1, -0.05) is 12.1 Å². The average Bonchev–Trinajstić information content (AvgIpc) is 3.08. The van der Waals surface area contributed by atoms with E-state index in [1.54, 1.807) is 6.07 Å². The Labute approximate surface area is 93.3 Å². The first-order chi connectivity index (χ1) is 7.72. The van der Waals surface area contributed by atoms with Gasteiger partial charge in [-0.15, -0.1) is 0 Å². The van der Waals surface area contributed by atoms with Crippen molar-refractivity contribution in [1.82, 2.24) is 0 Å². The smallest absolute Gasteiger partial charge is 0.526 e. The van der Waals surface area contributed by atoms with Crippen LogP contribution in [0.2, 0.25) is 5.82 Å².